The first-order valence-electron chi connectivity index (χ1n) is 7.67. The molecule has 2 rings (SSSR count). The summed E-state index contributed by atoms with van der Waals surface area (Å²) in [6.45, 7) is 6.39. The van der Waals surface area contributed by atoms with Gasteiger partial charge in [0, 0.05) is 19.3 Å². The predicted molar refractivity (Wildman–Crippen MR) is 92.8 cm³/mol. The van der Waals surface area contributed by atoms with Crippen LogP contribution in [-0.2, 0) is 9.53 Å². The average Bonchev–Trinajstić information content (AvgIpc) is 2.84. The third kappa shape index (κ3) is 3.82. The normalized spacial score (nSPS) is 10.9. The molecule has 1 amide bonds. The fraction of sp³-hybridized carbons (Fsp3) is 0.438. The van der Waals surface area contributed by atoms with Gasteiger partial charge in [-0.2, -0.15) is 0 Å². The van der Waals surface area contributed by atoms with E-state index >= 15 is 0 Å². The number of rotatable bonds is 6. The lowest BCUT2D eigenvalue weighted by atomic mass is 10.2. The minimum absolute atomic E-state index is 0.144. The summed E-state index contributed by atoms with van der Waals surface area (Å²) >= 11 is 12.2. The summed E-state index contributed by atoms with van der Waals surface area (Å²) < 4.78 is 6.50. The van der Waals surface area contributed by atoms with E-state index in [1.165, 1.54) is 0 Å². The van der Waals surface area contributed by atoms with E-state index in [2.05, 4.69) is 4.98 Å². The fourth-order valence-electron chi connectivity index (χ4n) is 2.46. The van der Waals surface area contributed by atoms with Crippen LogP contribution in [0.25, 0.3) is 5.65 Å². The lowest BCUT2D eigenvalue weighted by molar-refractivity contribution is -0.143. The Morgan fingerprint density at radius 3 is 2.67 bits per heavy atom. The molecule has 2 aromatic rings. The lowest BCUT2D eigenvalue weighted by Gasteiger charge is -2.20. The maximum Gasteiger partial charge on any atom is 0.307 e. The second kappa shape index (κ2) is 7.85. The molecule has 0 bridgehead atoms. The highest BCUT2D eigenvalue weighted by Crippen LogP contribution is 2.25. The molecule has 24 heavy (non-hydrogen) atoms. The van der Waals surface area contributed by atoms with Gasteiger partial charge in [0.1, 0.15) is 5.69 Å². The third-order valence-electron chi connectivity index (χ3n) is 3.58. The molecular formula is C16H19Cl2N3O3. The van der Waals surface area contributed by atoms with Gasteiger partial charge in [0.15, 0.2) is 5.65 Å². The molecule has 0 unspecified atom stereocenters. The SMILES string of the molecule is CCOC(=O)CCN(CC)C(=O)c1c(C)nc2c(Cl)cc(Cl)cn12. The molecule has 6 nitrogen and oxygen atoms in total. The van der Waals surface area contributed by atoms with Crippen LogP contribution < -0.4 is 0 Å². The van der Waals surface area contributed by atoms with Gasteiger partial charge < -0.3 is 9.64 Å². The van der Waals surface area contributed by atoms with Crippen LogP contribution in [0.15, 0.2) is 12.3 Å². The van der Waals surface area contributed by atoms with Gasteiger partial charge in [0.2, 0.25) is 0 Å². The van der Waals surface area contributed by atoms with Gasteiger partial charge >= 0.3 is 5.97 Å². The topological polar surface area (TPSA) is 63.9 Å². The molecule has 0 fully saturated rings. The van der Waals surface area contributed by atoms with E-state index in [1.807, 2.05) is 6.92 Å². The average molecular weight is 372 g/mol. The molecule has 0 atom stereocenters. The first kappa shape index (κ1) is 18.5. The van der Waals surface area contributed by atoms with E-state index in [4.69, 9.17) is 27.9 Å². The van der Waals surface area contributed by atoms with Crippen LogP contribution in [0.2, 0.25) is 10.0 Å². The number of pyridine rings is 1. The fourth-order valence-corrected chi connectivity index (χ4v) is 2.97. The van der Waals surface area contributed by atoms with Gasteiger partial charge in [-0.3, -0.25) is 14.0 Å². The van der Waals surface area contributed by atoms with Gasteiger partial charge in [0.25, 0.3) is 5.91 Å². The van der Waals surface area contributed by atoms with Gasteiger partial charge in [-0.1, -0.05) is 23.2 Å². The van der Waals surface area contributed by atoms with E-state index in [1.54, 1.807) is 35.4 Å². The third-order valence-corrected chi connectivity index (χ3v) is 4.06. The van der Waals surface area contributed by atoms with Crippen molar-refractivity contribution >= 4 is 40.7 Å². The van der Waals surface area contributed by atoms with Crippen LogP contribution in [0.1, 0.15) is 36.5 Å². The van der Waals surface area contributed by atoms with E-state index in [0.29, 0.717) is 40.2 Å². The van der Waals surface area contributed by atoms with Gasteiger partial charge in [-0.15, -0.1) is 0 Å². The molecule has 0 N–H and O–H groups in total. The van der Waals surface area contributed by atoms with E-state index in [-0.39, 0.29) is 24.8 Å². The molecule has 0 aromatic carbocycles. The molecule has 8 heteroatoms. The summed E-state index contributed by atoms with van der Waals surface area (Å²) in [4.78, 5) is 30.3. The van der Waals surface area contributed by atoms with Crippen LogP contribution in [0.5, 0.6) is 0 Å². The minimum atomic E-state index is -0.329. The zero-order chi connectivity index (χ0) is 17.9. The molecule has 0 aliphatic rings. The monoisotopic (exact) mass is 371 g/mol. The summed E-state index contributed by atoms with van der Waals surface area (Å²) in [7, 11) is 0. The Bertz CT molecular complexity index is 774. The van der Waals surface area contributed by atoms with E-state index in [9.17, 15) is 9.59 Å². The number of fused-ring (bicyclic) bond motifs is 1. The lowest BCUT2D eigenvalue weighted by Crippen LogP contribution is -2.34. The van der Waals surface area contributed by atoms with Crippen molar-refractivity contribution in [2.24, 2.45) is 0 Å². The van der Waals surface area contributed by atoms with Crippen molar-refractivity contribution in [2.75, 3.05) is 19.7 Å². The van der Waals surface area contributed by atoms with E-state index in [0.717, 1.165) is 0 Å². The largest absolute Gasteiger partial charge is 0.466 e. The zero-order valence-electron chi connectivity index (χ0n) is 13.8. The second-order valence-electron chi connectivity index (χ2n) is 5.19. The molecule has 130 valence electrons. The van der Waals surface area contributed by atoms with Crippen molar-refractivity contribution in [1.82, 2.24) is 14.3 Å². The predicted octanol–water partition coefficient (Wildman–Crippen LogP) is 3.36. The maximum atomic E-state index is 12.9. The highest BCUT2D eigenvalue weighted by atomic mass is 35.5. The number of aryl methyl sites for hydroxylation is 1. The Kier molecular flexibility index (Phi) is 6.07. The van der Waals surface area contributed by atoms with Crippen LogP contribution >= 0.6 is 23.2 Å². The van der Waals surface area contributed by atoms with Gasteiger partial charge in [0.05, 0.1) is 28.8 Å². The van der Waals surface area contributed by atoms with E-state index < -0.39 is 0 Å². The smallest absolute Gasteiger partial charge is 0.307 e. The molecule has 0 saturated carbocycles. The number of carbonyl (C=O) groups excluding carboxylic acids is 2. The minimum Gasteiger partial charge on any atom is -0.466 e. The number of hydrogen-bond acceptors (Lipinski definition) is 4. The number of esters is 1. The molecule has 0 aliphatic carbocycles. The first-order chi connectivity index (χ1) is 11.4. The number of amides is 1. The van der Waals surface area contributed by atoms with Crippen molar-refractivity contribution in [2.45, 2.75) is 27.2 Å². The number of hydrogen-bond donors (Lipinski definition) is 0. The van der Waals surface area contributed by atoms with Crippen LogP contribution in [0.4, 0.5) is 0 Å². The summed E-state index contributed by atoms with van der Waals surface area (Å²) in [6, 6.07) is 1.58. The quantitative estimate of drug-likeness (QED) is 0.730. The van der Waals surface area contributed by atoms with Crippen molar-refractivity contribution < 1.29 is 14.3 Å². The Hall–Kier alpha value is -1.79. The highest BCUT2D eigenvalue weighted by molar-refractivity contribution is 6.36. The number of halogens is 2. The zero-order valence-corrected chi connectivity index (χ0v) is 15.3. The molecule has 0 spiro atoms. The van der Waals surface area contributed by atoms with Crippen molar-refractivity contribution in [1.29, 1.82) is 0 Å². The molecule has 0 saturated heterocycles. The van der Waals surface area contributed by atoms with Crippen molar-refractivity contribution in [3.05, 3.63) is 33.7 Å². The molecule has 0 aliphatic heterocycles. The second-order valence-corrected chi connectivity index (χ2v) is 6.03. The standard InChI is InChI=1S/C16H19Cl2N3O3/c1-4-20(7-6-13(22)24-5-2)16(23)14-10(3)19-15-12(18)8-11(17)9-21(14)15/h8-9H,4-7H2,1-3H3. The number of imidazole rings is 1. The van der Waals surface area contributed by atoms with Crippen LogP contribution in [-0.4, -0.2) is 45.9 Å². The van der Waals surface area contributed by atoms with Crippen LogP contribution in [0.3, 0.4) is 0 Å². The number of aromatic nitrogens is 2. The first-order valence-corrected chi connectivity index (χ1v) is 8.43. The Balaban J connectivity index is 2.32. The Morgan fingerprint density at radius 1 is 1.33 bits per heavy atom. The molecule has 2 aromatic heterocycles. The summed E-state index contributed by atoms with van der Waals surface area (Å²) in [5, 5.41) is 0.785. The highest BCUT2D eigenvalue weighted by Gasteiger charge is 2.23. The van der Waals surface area contributed by atoms with Gasteiger partial charge in [-0.05, 0) is 26.8 Å². The van der Waals surface area contributed by atoms with Crippen molar-refractivity contribution in [3.8, 4) is 0 Å². The Labute approximate surface area is 150 Å². The molecular weight excluding hydrogens is 353 g/mol. The maximum absolute atomic E-state index is 12.9. The van der Waals surface area contributed by atoms with Crippen LogP contribution in [0, 0.1) is 6.92 Å². The number of carbonyl (C=O) groups is 2. The summed E-state index contributed by atoms with van der Waals surface area (Å²) in [6.07, 6.45) is 1.75. The Morgan fingerprint density at radius 2 is 2.04 bits per heavy atom. The van der Waals surface area contributed by atoms with Crippen molar-refractivity contribution in [3.63, 3.8) is 0 Å². The number of ether oxygens (including phenoxy) is 1. The summed E-state index contributed by atoms with van der Waals surface area (Å²) in [5.41, 5.74) is 1.42. The summed E-state index contributed by atoms with van der Waals surface area (Å²) in [5.74, 6) is -0.560. The number of nitrogens with zero attached hydrogens (tertiary/aromatic N) is 3. The molecule has 0 radical (unpaired) electrons. The molecule has 2 heterocycles. The van der Waals surface area contributed by atoms with Gasteiger partial charge in [-0.25, -0.2) is 4.98 Å².